The number of carbonyl (C=O) groups excluding carboxylic acids is 1. The van der Waals surface area contributed by atoms with Gasteiger partial charge in [0.05, 0.1) is 24.0 Å². The van der Waals surface area contributed by atoms with Crippen molar-refractivity contribution in [3.8, 4) is 5.75 Å². The molecule has 1 amide bonds. The van der Waals surface area contributed by atoms with Gasteiger partial charge in [-0.3, -0.25) is 14.5 Å². The van der Waals surface area contributed by atoms with Crippen LogP contribution in [0.4, 0.5) is 10.1 Å². The molecule has 0 spiro atoms. The lowest BCUT2D eigenvalue weighted by Gasteiger charge is -2.37. The zero-order chi connectivity index (χ0) is 26.0. The Bertz CT molecular complexity index is 1370. The Kier molecular flexibility index (Phi) is 7.09. The first kappa shape index (κ1) is 25.1. The van der Waals surface area contributed by atoms with Crippen LogP contribution in [0.25, 0.3) is 0 Å². The highest BCUT2D eigenvalue weighted by molar-refractivity contribution is 7.92. The Morgan fingerprint density at radius 3 is 2.70 bits per heavy atom. The van der Waals surface area contributed by atoms with Gasteiger partial charge in [-0.2, -0.15) is 0 Å². The largest absolute Gasteiger partial charge is 0.487 e. The second-order valence-corrected chi connectivity index (χ2v) is 10.7. The fourth-order valence-corrected chi connectivity index (χ4v) is 5.81. The van der Waals surface area contributed by atoms with E-state index < -0.39 is 34.2 Å². The summed E-state index contributed by atoms with van der Waals surface area (Å²) >= 11 is 0. The van der Waals surface area contributed by atoms with Crippen LogP contribution in [-0.2, 0) is 26.1 Å². The summed E-state index contributed by atoms with van der Waals surface area (Å²) in [4.78, 5) is 16.5. The topological polar surface area (TPSA) is 127 Å². The number of benzene rings is 2. The van der Waals surface area contributed by atoms with Gasteiger partial charge in [-0.15, -0.1) is 0 Å². The quantitative estimate of drug-likeness (QED) is 0.411. The smallest absolute Gasteiger partial charge is 0.261 e. The number of anilines is 1. The average molecular weight is 528 g/mol. The highest BCUT2D eigenvalue weighted by atomic mass is 32.2. The molecule has 3 N–H and O–H groups in total. The van der Waals surface area contributed by atoms with Crippen LogP contribution in [-0.4, -0.2) is 49.3 Å². The van der Waals surface area contributed by atoms with Crippen molar-refractivity contribution in [1.29, 1.82) is 0 Å². The summed E-state index contributed by atoms with van der Waals surface area (Å²) in [6.07, 6.45) is 2.35. The lowest BCUT2D eigenvalue weighted by Crippen LogP contribution is -2.47. The highest BCUT2D eigenvalue weighted by Gasteiger charge is 2.46. The Morgan fingerprint density at radius 1 is 1.16 bits per heavy atom. The van der Waals surface area contributed by atoms with Crippen LogP contribution in [0.3, 0.4) is 0 Å². The van der Waals surface area contributed by atoms with Crippen LogP contribution in [0, 0.1) is 5.82 Å². The van der Waals surface area contributed by atoms with E-state index in [1.54, 1.807) is 36.7 Å². The fourth-order valence-electron chi connectivity index (χ4n) is 4.76. The summed E-state index contributed by atoms with van der Waals surface area (Å²) in [6.45, 7) is 0.0609. The number of carbonyl (C=O) groups is 1. The van der Waals surface area contributed by atoms with Crippen molar-refractivity contribution in [2.45, 2.75) is 48.5 Å². The number of aliphatic hydroxyl groups excluding tert-OH is 1. The summed E-state index contributed by atoms with van der Waals surface area (Å²) in [5.41, 5.74) is 1.97. The minimum Gasteiger partial charge on any atom is -0.487 e. The van der Waals surface area contributed by atoms with E-state index in [0.29, 0.717) is 24.4 Å². The van der Waals surface area contributed by atoms with Gasteiger partial charge in [0.2, 0.25) is 5.91 Å². The molecule has 0 saturated carbocycles. The van der Waals surface area contributed by atoms with Gasteiger partial charge in [0.1, 0.15) is 23.8 Å². The van der Waals surface area contributed by atoms with E-state index in [1.165, 1.54) is 12.1 Å². The molecule has 0 bridgehead atoms. The number of pyridine rings is 1. The van der Waals surface area contributed by atoms with E-state index in [2.05, 4.69) is 15.0 Å². The molecule has 194 valence electrons. The number of sulfonamides is 1. The molecule has 1 aromatic heterocycles. The number of ether oxygens (including phenoxy) is 2. The zero-order valence-corrected chi connectivity index (χ0v) is 20.5. The van der Waals surface area contributed by atoms with E-state index in [0.717, 1.165) is 23.3 Å². The number of aromatic nitrogens is 1. The standard InChI is InChI=1S/C26H26FN3O6S/c27-17-3-6-20(7-4-17)37(33,34)30-18-5-8-23-21(10-18)22-11-19(35-24(15-31)26(22)36-23)12-25(32)29-14-16-2-1-9-28-13-16/h1-10,13,19,22,24,26,30-31H,11-12,14-15H2,(H,29,32)/t19-,22+,24-,26-/m0/s1. The van der Waals surface area contributed by atoms with Crippen LogP contribution in [0.5, 0.6) is 5.75 Å². The predicted molar refractivity (Wildman–Crippen MR) is 132 cm³/mol. The van der Waals surface area contributed by atoms with E-state index >= 15 is 0 Å². The number of amides is 1. The lowest BCUT2D eigenvalue weighted by molar-refractivity contribution is -0.142. The van der Waals surface area contributed by atoms with E-state index in [-0.39, 0.29) is 29.7 Å². The molecule has 9 nitrogen and oxygen atoms in total. The molecule has 2 aromatic carbocycles. The third kappa shape index (κ3) is 5.58. The number of rotatable bonds is 8. The maximum absolute atomic E-state index is 13.2. The molecule has 2 aliphatic heterocycles. The van der Waals surface area contributed by atoms with Gasteiger partial charge in [0.25, 0.3) is 10.0 Å². The highest BCUT2D eigenvalue weighted by Crippen LogP contribution is 2.47. The molecule has 3 heterocycles. The summed E-state index contributed by atoms with van der Waals surface area (Å²) in [7, 11) is -3.93. The molecule has 0 unspecified atom stereocenters. The number of aliphatic hydroxyl groups is 1. The molecule has 3 aromatic rings. The molecular weight excluding hydrogens is 501 g/mol. The molecule has 5 rings (SSSR count). The minimum absolute atomic E-state index is 0.0627. The van der Waals surface area contributed by atoms with Crippen LogP contribution in [0.1, 0.15) is 29.9 Å². The molecule has 0 radical (unpaired) electrons. The lowest BCUT2D eigenvalue weighted by atomic mass is 9.84. The van der Waals surface area contributed by atoms with Gasteiger partial charge in [-0.1, -0.05) is 6.07 Å². The van der Waals surface area contributed by atoms with Gasteiger partial charge in [-0.05, 0) is 60.5 Å². The molecular formula is C26H26FN3O6S. The summed E-state index contributed by atoms with van der Waals surface area (Å²) < 4.78 is 53.3. The van der Waals surface area contributed by atoms with Crippen LogP contribution < -0.4 is 14.8 Å². The predicted octanol–water partition coefficient (Wildman–Crippen LogP) is 2.72. The van der Waals surface area contributed by atoms with Gasteiger partial charge >= 0.3 is 0 Å². The maximum atomic E-state index is 13.2. The maximum Gasteiger partial charge on any atom is 0.261 e. The fraction of sp³-hybridized carbons (Fsp3) is 0.308. The molecule has 2 aliphatic rings. The van der Waals surface area contributed by atoms with E-state index in [1.807, 2.05) is 6.07 Å². The van der Waals surface area contributed by atoms with Gasteiger partial charge in [-0.25, -0.2) is 12.8 Å². The number of hydrogen-bond acceptors (Lipinski definition) is 7. The molecule has 1 fully saturated rings. The first-order valence-electron chi connectivity index (χ1n) is 11.8. The normalized spacial score (nSPS) is 22.4. The Labute approximate surface area is 213 Å². The van der Waals surface area contributed by atoms with Crippen LogP contribution in [0.15, 0.2) is 71.9 Å². The van der Waals surface area contributed by atoms with Gasteiger partial charge in [0, 0.05) is 36.1 Å². The van der Waals surface area contributed by atoms with Gasteiger partial charge < -0.3 is 19.9 Å². The second-order valence-electron chi connectivity index (χ2n) is 9.06. The van der Waals surface area contributed by atoms with Crippen molar-refractivity contribution < 1.29 is 32.2 Å². The number of hydrogen-bond donors (Lipinski definition) is 3. The Hall–Kier alpha value is -3.54. The van der Waals surface area contributed by atoms with Crippen molar-refractivity contribution in [2.75, 3.05) is 11.3 Å². The minimum atomic E-state index is -3.93. The Morgan fingerprint density at radius 2 is 1.97 bits per heavy atom. The van der Waals surface area contributed by atoms with Gasteiger partial charge in [0.15, 0.2) is 0 Å². The second kappa shape index (κ2) is 10.4. The van der Waals surface area contributed by atoms with Crippen molar-refractivity contribution in [1.82, 2.24) is 10.3 Å². The first-order chi connectivity index (χ1) is 17.8. The SMILES string of the molecule is O=C(C[C@@H]1C[C@@H]2c3cc(NS(=O)(=O)c4ccc(F)cc4)ccc3O[C@@H]2[C@H](CO)O1)NCc1cccnc1. The number of nitrogens with zero attached hydrogens (tertiary/aromatic N) is 1. The third-order valence-corrected chi connectivity index (χ3v) is 7.90. The van der Waals surface area contributed by atoms with E-state index in [9.17, 15) is 22.7 Å². The van der Waals surface area contributed by atoms with Crippen LogP contribution in [0.2, 0.25) is 0 Å². The Balaban J connectivity index is 1.29. The summed E-state index contributed by atoms with van der Waals surface area (Å²) in [5, 5.41) is 12.8. The van der Waals surface area contributed by atoms with Crippen molar-refractivity contribution in [3.63, 3.8) is 0 Å². The first-order valence-corrected chi connectivity index (χ1v) is 13.3. The molecule has 1 saturated heterocycles. The van der Waals surface area contributed by atoms with Crippen molar-refractivity contribution >= 4 is 21.6 Å². The van der Waals surface area contributed by atoms with Crippen molar-refractivity contribution in [2.24, 2.45) is 0 Å². The summed E-state index contributed by atoms with van der Waals surface area (Å²) in [6, 6.07) is 13.2. The summed E-state index contributed by atoms with van der Waals surface area (Å²) in [5.74, 6) is -0.349. The van der Waals surface area contributed by atoms with E-state index in [4.69, 9.17) is 9.47 Å². The molecule has 4 atom stereocenters. The zero-order valence-electron chi connectivity index (χ0n) is 19.7. The third-order valence-electron chi connectivity index (χ3n) is 6.50. The molecule has 37 heavy (non-hydrogen) atoms. The number of halogens is 1. The number of fused-ring (bicyclic) bond motifs is 3. The molecule has 0 aliphatic carbocycles. The van der Waals surface area contributed by atoms with Crippen molar-refractivity contribution in [3.05, 3.63) is 83.9 Å². The van der Waals surface area contributed by atoms with Crippen LogP contribution >= 0.6 is 0 Å². The average Bonchev–Trinajstić information content (AvgIpc) is 3.25. The number of nitrogens with one attached hydrogen (secondary N) is 2. The molecule has 11 heteroatoms. The monoisotopic (exact) mass is 527 g/mol.